The minimum absolute atomic E-state index is 0.338. The Hall–Kier alpha value is -3.29. The predicted octanol–water partition coefficient (Wildman–Crippen LogP) is 3.89. The number of benzene rings is 1. The van der Waals surface area contributed by atoms with E-state index >= 15 is 0 Å². The largest absolute Gasteiger partial charge is 0.444 e. The van der Waals surface area contributed by atoms with Crippen LogP contribution in [0.3, 0.4) is 0 Å². The molecule has 1 aromatic rings. The molecule has 2 bridgehead atoms. The van der Waals surface area contributed by atoms with Gasteiger partial charge in [-0.15, -0.1) is 0 Å². The fourth-order valence-corrected chi connectivity index (χ4v) is 5.81. The zero-order valence-corrected chi connectivity index (χ0v) is 21.1. The maximum atomic E-state index is 14.4. The standard InChI is InChI=1S/C26H31F3N4O4/c1-26(2,3)37-25(36)31-22(24(35)32-8-4-5-17(32)13-30)14-9-15-6-7-16(10-14)33(15)23(34)18-11-20(28)21(29)12-19(18)27/h11-12,14-17,22H,4-10H2,1-3H3,(H,31,36)/t15-,16-,17-,22-/m0/s1. The number of likely N-dealkylation sites (tertiary alicyclic amines) is 1. The molecule has 3 aliphatic heterocycles. The predicted molar refractivity (Wildman–Crippen MR) is 126 cm³/mol. The Morgan fingerprint density at radius 1 is 1.05 bits per heavy atom. The van der Waals surface area contributed by atoms with Crippen molar-refractivity contribution in [2.75, 3.05) is 6.54 Å². The third-order valence-electron chi connectivity index (χ3n) is 7.34. The fourth-order valence-electron chi connectivity index (χ4n) is 5.81. The minimum atomic E-state index is -1.37. The molecule has 3 amide bonds. The van der Waals surface area contributed by atoms with Gasteiger partial charge in [-0.3, -0.25) is 9.59 Å². The molecule has 0 radical (unpaired) electrons. The number of hydrogen-bond donors (Lipinski definition) is 1. The van der Waals surface area contributed by atoms with Crippen molar-refractivity contribution in [2.45, 2.75) is 89.1 Å². The number of nitrogens with zero attached hydrogens (tertiary/aromatic N) is 3. The van der Waals surface area contributed by atoms with Crippen LogP contribution in [0, 0.1) is 34.7 Å². The number of nitriles is 1. The van der Waals surface area contributed by atoms with E-state index in [4.69, 9.17) is 4.74 Å². The van der Waals surface area contributed by atoms with Gasteiger partial charge in [0.25, 0.3) is 5.91 Å². The lowest BCUT2D eigenvalue weighted by molar-refractivity contribution is -0.135. The van der Waals surface area contributed by atoms with E-state index in [-0.39, 0.29) is 23.9 Å². The van der Waals surface area contributed by atoms with Crippen LogP contribution in [0.4, 0.5) is 18.0 Å². The number of hydrogen-bond acceptors (Lipinski definition) is 5. The van der Waals surface area contributed by atoms with Crippen LogP contribution >= 0.6 is 0 Å². The van der Waals surface area contributed by atoms with Crippen molar-refractivity contribution in [1.82, 2.24) is 15.1 Å². The summed E-state index contributed by atoms with van der Waals surface area (Å²) in [5, 5.41) is 12.2. The van der Waals surface area contributed by atoms with Crippen molar-refractivity contribution in [1.29, 1.82) is 5.26 Å². The lowest BCUT2D eigenvalue weighted by Crippen LogP contribution is -2.58. The van der Waals surface area contributed by atoms with Crippen molar-refractivity contribution < 1.29 is 32.3 Å². The molecular weight excluding hydrogens is 489 g/mol. The third kappa shape index (κ3) is 5.53. The smallest absolute Gasteiger partial charge is 0.408 e. The van der Waals surface area contributed by atoms with E-state index in [1.165, 1.54) is 9.80 Å². The Morgan fingerprint density at radius 3 is 2.27 bits per heavy atom. The Labute approximate surface area is 213 Å². The van der Waals surface area contributed by atoms with Crippen molar-refractivity contribution in [3.63, 3.8) is 0 Å². The number of nitrogens with one attached hydrogen (secondary N) is 1. The molecule has 37 heavy (non-hydrogen) atoms. The van der Waals surface area contributed by atoms with E-state index in [9.17, 15) is 32.8 Å². The topological polar surface area (TPSA) is 103 Å². The van der Waals surface area contributed by atoms with Gasteiger partial charge in [-0.2, -0.15) is 5.26 Å². The van der Waals surface area contributed by atoms with Crippen molar-refractivity contribution >= 4 is 17.9 Å². The Kier molecular flexibility index (Phi) is 7.40. The zero-order valence-electron chi connectivity index (χ0n) is 21.1. The molecule has 0 unspecified atom stereocenters. The van der Waals surface area contributed by atoms with Gasteiger partial charge in [0.15, 0.2) is 11.6 Å². The molecule has 1 aromatic carbocycles. The second kappa shape index (κ2) is 10.2. The second-order valence-electron chi connectivity index (χ2n) is 11.0. The highest BCUT2D eigenvalue weighted by atomic mass is 19.2. The van der Waals surface area contributed by atoms with Crippen LogP contribution in [0.2, 0.25) is 0 Å². The summed E-state index contributed by atoms with van der Waals surface area (Å²) in [5.74, 6) is -5.28. The van der Waals surface area contributed by atoms with Crippen molar-refractivity contribution in [3.8, 4) is 6.07 Å². The van der Waals surface area contributed by atoms with Crippen LogP contribution in [0.5, 0.6) is 0 Å². The van der Waals surface area contributed by atoms with Gasteiger partial charge >= 0.3 is 6.09 Å². The maximum Gasteiger partial charge on any atom is 0.408 e. The van der Waals surface area contributed by atoms with Gasteiger partial charge in [-0.1, -0.05) is 0 Å². The highest BCUT2D eigenvalue weighted by Gasteiger charge is 2.49. The second-order valence-corrected chi connectivity index (χ2v) is 11.0. The van der Waals surface area contributed by atoms with E-state index < -0.39 is 52.7 Å². The number of amides is 3. The first-order valence-corrected chi connectivity index (χ1v) is 12.6. The Bertz CT molecular complexity index is 1120. The SMILES string of the molecule is CC(C)(C)OC(=O)N[C@H](C(=O)N1CCC[C@H]1C#N)C1C[C@@H]2CC[C@@H](C1)N2C(=O)c1cc(F)c(F)cc1F. The molecule has 0 aliphatic carbocycles. The first-order valence-electron chi connectivity index (χ1n) is 12.6. The molecular formula is C26H31F3N4O4. The molecule has 4 atom stereocenters. The number of halogens is 3. The monoisotopic (exact) mass is 520 g/mol. The van der Waals surface area contributed by atoms with E-state index in [0.29, 0.717) is 57.2 Å². The summed E-state index contributed by atoms with van der Waals surface area (Å²) >= 11 is 0. The summed E-state index contributed by atoms with van der Waals surface area (Å²) in [6.07, 6.45) is 2.34. The van der Waals surface area contributed by atoms with Gasteiger partial charge < -0.3 is 19.9 Å². The highest BCUT2D eigenvalue weighted by Crippen LogP contribution is 2.41. The molecule has 11 heteroatoms. The molecule has 1 N–H and O–H groups in total. The minimum Gasteiger partial charge on any atom is -0.444 e. The van der Waals surface area contributed by atoms with Crippen LogP contribution < -0.4 is 5.32 Å². The molecule has 3 aliphatic rings. The number of piperidine rings is 1. The van der Waals surface area contributed by atoms with Gasteiger partial charge in [0.05, 0.1) is 11.6 Å². The molecule has 0 spiro atoms. The van der Waals surface area contributed by atoms with E-state index in [0.717, 1.165) is 0 Å². The summed E-state index contributed by atoms with van der Waals surface area (Å²) < 4.78 is 46.9. The Morgan fingerprint density at radius 2 is 1.68 bits per heavy atom. The molecule has 0 aromatic heterocycles. The molecule has 3 fully saturated rings. The molecule has 4 rings (SSSR count). The summed E-state index contributed by atoms with van der Waals surface area (Å²) in [7, 11) is 0. The number of carbonyl (C=O) groups excluding carboxylic acids is 3. The number of fused-ring (bicyclic) bond motifs is 2. The molecule has 200 valence electrons. The Balaban J connectivity index is 1.56. The van der Waals surface area contributed by atoms with E-state index in [1.807, 2.05) is 0 Å². The third-order valence-corrected chi connectivity index (χ3v) is 7.34. The summed E-state index contributed by atoms with van der Waals surface area (Å²) in [6, 6.07) is 0.789. The number of alkyl carbamates (subject to hydrolysis) is 1. The zero-order chi connectivity index (χ0) is 27.1. The lowest BCUT2D eigenvalue weighted by atomic mass is 9.83. The number of ether oxygens (including phenoxy) is 1. The van der Waals surface area contributed by atoms with Gasteiger partial charge in [0.1, 0.15) is 23.5 Å². The van der Waals surface area contributed by atoms with Crippen LogP contribution in [0.15, 0.2) is 12.1 Å². The average Bonchev–Trinajstić information content (AvgIpc) is 3.39. The van der Waals surface area contributed by atoms with Crippen LogP contribution in [-0.2, 0) is 9.53 Å². The van der Waals surface area contributed by atoms with E-state index in [2.05, 4.69) is 11.4 Å². The fraction of sp³-hybridized carbons (Fsp3) is 0.615. The van der Waals surface area contributed by atoms with Crippen LogP contribution in [0.1, 0.15) is 69.7 Å². The quantitative estimate of drug-likeness (QED) is 0.607. The van der Waals surface area contributed by atoms with E-state index in [1.54, 1.807) is 20.8 Å². The normalized spacial score (nSPS) is 26.0. The van der Waals surface area contributed by atoms with Crippen LogP contribution in [-0.4, -0.2) is 64.0 Å². The maximum absolute atomic E-state index is 14.4. The summed E-state index contributed by atoms with van der Waals surface area (Å²) in [6.45, 7) is 5.52. The van der Waals surface area contributed by atoms with Crippen molar-refractivity contribution in [3.05, 3.63) is 35.1 Å². The molecule has 3 saturated heterocycles. The van der Waals surface area contributed by atoms with Gasteiger partial charge in [0.2, 0.25) is 5.91 Å². The lowest BCUT2D eigenvalue weighted by Gasteiger charge is -2.42. The molecule has 8 nitrogen and oxygen atoms in total. The number of carbonyl (C=O) groups is 3. The molecule has 0 saturated carbocycles. The van der Waals surface area contributed by atoms with Crippen LogP contribution in [0.25, 0.3) is 0 Å². The van der Waals surface area contributed by atoms with Gasteiger partial charge in [-0.05, 0) is 71.3 Å². The number of rotatable bonds is 4. The first-order chi connectivity index (χ1) is 17.4. The summed E-state index contributed by atoms with van der Waals surface area (Å²) in [4.78, 5) is 42.4. The first kappa shape index (κ1) is 26.8. The highest BCUT2D eigenvalue weighted by molar-refractivity contribution is 5.95. The van der Waals surface area contributed by atoms with Gasteiger partial charge in [-0.25, -0.2) is 18.0 Å². The summed E-state index contributed by atoms with van der Waals surface area (Å²) in [5.41, 5.74) is -1.33. The van der Waals surface area contributed by atoms with Crippen molar-refractivity contribution in [2.24, 2.45) is 5.92 Å². The van der Waals surface area contributed by atoms with Gasteiger partial charge in [0, 0.05) is 24.7 Å². The molecule has 3 heterocycles. The average molecular weight is 521 g/mol.